The molecule has 1 atom stereocenters. The Hall–Kier alpha value is -2.87. The Morgan fingerprint density at radius 1 is 0.938 bits per heavy atom. The van der Waals surface area contributed by atoms with Crippen LogP contribution in [0.25, 0.3) is 0 Å². The summed E-state index contributed by atoms with van der Waals surface area (Å²) in [6.07, 6.45) is 1.25. The van der Waals surface area contributed by atoms with Crippen molar-refractivity contribution < 1.29 is 17.9 Å². The van der Waals surface area contributed by atoms with Gasteiger partial charge < -0.3 is 10.1 Å². The molecule has 1 saturated heterocycles. The van der Waals surface area contributed by atoms with Crippen molar-refractivity contribution in [2.24, 2.45) is 5.92 Å². The quantitative estimate of drug-likeness (QED) is 0.539. The van der Waals surface area contributed by atoms with Gasteiger partial charge in [-0.25, -0.2) is 8.42 Å². The molecule has 1 N–H and O–H groups in total. The molecule has 3 aromatic rings. The van der Waals surface area contributed by atoms with Crippen LogP contribution in [0.2, 0.25) is 5.02 Å². The van der Waals surface area contributed by atoms with Gasteiger partial charge in [-0.05, 0) is 73.5 Å². The van der Waals surface area contributed by atoms with Crippen LogP contribution < -0.4 is 10.1 Å². The zero-order chi connectivity index (χ0) is 22.6. The fraction of sp³-hybridized carbons (Fsp3) is 0.208. The maximum atomic E-state index is 12.9. The van der Waals surface area contributed by atoms with Gasteiger partial charge in [0.05, 0.1) is 10.8 Å². The summed E-state index contributed by atoms with van der Waals surface area (Å²) in [5.74, 6) is 0.768. The number of carbonyl (C=O) groups excluding carboxylic acids is 1. The largest absolute Gasteiger partial charge is 0.457 e. The zero-order valence-corrected chi connectivity index (χ0v) is 18.9. The van der Waals surface area contributed by atoms with E-state index < -0.39 is 15.9 Å². The highest BCUT2D eigenvalue weighted by molar-refractivity contribution is 7.89. The fourth-order valence-corrected chi connectivity index (χ4v) is 5.26. The third kappa shape index (κ3) is 5.30. The van der Waals surface area contributed by atoms with Crippen LogP contribution in [-0.4, -0.2) is 31.7 Å². The first-order valence-electron chi connectivity index (χ1n) is 10.3. The van der Waals surface area contributed by atoms with E-state index in [2.05, 4.69) is 5.32 Å². The minimum absolute atomic E-state index is 0.145. The molecule has 166 valence electrons. The van der Waals surface area contributed by atoms with E-state index >= 15 is 0 Å². The van der Waals surface area contributed by atoms with E-state index in [9.17, 15) is 13.2 Å². The summed E-state index contributed by atoms with van der Waals surface area (Å²) < 4.78 is 33.0. The van der Waals surface area contributed by atoms with Crippen molar-refractivity contribution in [3.63, 3.8) is 0 Å². The second-order valence-electron chi connectivity index (χ2n) is 7.58. The van der Waals surface area contributed by atoms with Crippen LogP contribution in [0.1, 0.15) is 12.8 Å². The van der Waals surface area contributed by atoms with Gasteiger partial charge >= 0.3 is 0 Å². The van der Waals surface area contributed by atoms with Gasteiger partial charge in [-0.3, -0.25) is 4.79 Å². The maximum Gasteiger partial charge on any atom is 0.243 e. The standard InChI is InChI=1S/C24H23ClN2O4S/c25-19-8-14-23(15-9-19)32(29,30)27-16-4-5-18(17-27)24(28)26-20-10-12-22(13-11-20)31-21-6-2-1-3-7-21/h1-3,6-15,18H,4-5,16-17H2,(H,26,28)/t18-/m1/s1. The molecule has 0 radical (unpaired) electrons. The van der Waals surface area contributed by atoms with Gasteiger partial charge in [0, 0.05) is 23.8 Å². The van der Waals surface area contributed by atoms with E-state index in [1.54, 1.807) is 36.4 Å². The Morgan fingerprint density at radius 2 is 1.59 bits per heavy atom. The summed E-state index contributed by atoms with van der Waals surface area (Å²) in [5, 5.41) is 3.36. The maximum absolute atomic E-state index is 12.9. The first kappa shape index (κ1) is 22.3. The van der Waals surface area contributed by atoms with Gasteiger partial charge in [0.1, 0.15) is 11.5 Å². The molecular formula is C24H23ClN2O4S. The number of halogens is 1. The molecule has 8 heteroatoms. The Kier molecular flexibility index (Phi) is 6.79. The van der Waals surface area contributed by atoms with Crippen LogP contribution >= 0.6 is 11.6 Å². The summed E-state index contributed by atoms with van der Waals surface area (Å²) in [5.41, 5.74) is 0.632. The van der Waals surface area contributed by atoms with E-state index in [1.165, 1.54) is 16.4 Å². The molecule has 0 aliphatic carbocycles. The lowest BCUT2D eigenvalue weighted by Crippen LogP contribution is -2.43. The molecule has 1 aliphatic rings. The fourth-order valence-electron chi connectivity index (χ4n) is 3.61. The molecule has 1 aliphatic heterocycles. The second-order valence-corrected chi connectivity index (χ2v) is 9.96. The van der Waals surface area contributed by atoms with E-state index in [0.29, 0.717) is 35.8 Å². The van der Waals surface area contributed by atoms with E-state index in [-0.39, 0.29) is 17.3 Å². The smallest absolute Gasteiger partial charge is 0.243 e. The molecule has 0 spiro atoms. The first-order chi connectivity index (χ1) is 15.4. The predicted molar refractivity (Wildman–Crippen MR) is 125 cm³/mol. The van der Waals surface area contributed by atoms with Crippen LogP contribution in [0.5, 0.6) is 11.5 Å². The van der Waals surface area contributed by atoms with Crippen molar-refractivity contribution in [3.05, 3.63) is 83.9 Å². The van der Waals surface area contributed by atoms with Crippen LogP contribution in [-0.2, 0) is 14.8 Å². The van der Waals surface area contributed by atoms with Gasteiger partial charge in [0.2, 0.25) is 15.9 Å². The lowest BCUT2D eigenvalue weighted by atomic mass is 9.99. The molecular weight excluding hydrogens is 448 g/mol. The molecule has 3 aromatic carbocycles. The van der Waals surface area contributed by atoms with Crippen molar-refractivity contribution in [2.75, 3.05) is 18.4 Å². The van der Waals surface area contributed by atoms with Gasteiger partial charge in [-0.2, -0.15) is 4.31 Å². The zero-order valence-electron chi connectivity index (χ0n) is 17.3. The average Bonchev–Trinajstić information content (AvgIpc) is 2.81. The summed E-state index contributed by atoms with van der Waals surface area (Å²) in [7, 11) is -3.68. The highest BCUT2D eigenvalue weighted by atomic mass is 35.5. The van der Waals surface area contributed by atoms with E-state index in [1.807, 2.05) is 30.3 Å². The van der Waals surface area contributed by atoms with Gasteiger partial charge in [-0.15, -0.1) is 0 Å². The number of nitrogens with zero attached hydrogens (tertiary/aromatic N) is 1. The number of amides is 1. The van der Waals surface area contributed by atoms with Gasteiger partial charge in [0.15, 0.2) is 0 Å². The predicted octanol–water partition coefficient (Wildman–Crippen LogP) is 5.17. The van der Waals surface area contributed by atoms with Gasteiger partial charge in [0.25, 0.3) is 0 Å². The first-order valence-corrected chi connectivity index (χ1v) is 12.1. The number of hydrogen-bond donors (Lipinski definition) is 1. The second kappa shape index (κ2) is 9.73. The monoisotopic (exact) mass is 470 g/mol. The molecule has 1 heterocycles. The number of hydrogen-bond acceptors (Lipinski definition) is 4. The highest BCUT2D eigenvalue weighted by Gasteiger charge is 2.33. The third-order valence-electron chi connectivity index (χ3n) is 5.31. The Bertz CT molecular complexity index is 1170. The average molecular weight is 471 g/mol. The number of sulfonamides is 1. The van der Waals surface area contributed by atoms with E-state index in [4.69, 9.17) is 16.3 Å². The molecule has 6 nitrogen and oxygen atoms in total. The Labute approximate surface area is 192 Å². The molecule has 1 fully saturated rings. The van der Waals surface area contributed by atoms with E-state index in [0.717, 1.165) is 5.75 Å². The minimum Gasteiger partial charge on any atom is -0.457 e. The van der Waals surface area contributed by atoms with Crippen LogP contribution in [0.15, 0.2) is 83.8 Å². The van der Waals surface area contributed by atoms with Crippen molar-refractivity contribution in [1.29, 1.82) is 0 Å². The number of benzene rings is 3. The van der Waals surface area contributed by atoms with Gasteiger partial charge in [-0.1, -0.05) is 29.8 Å². The SMILES string of the molecule is O=C(Nc1ccc(Oc2ccccc2)cc1)[C@@H]1CCCN(S(=O)(=O)c2ccc(Cl)cc2)C1. The van der Waals surface area contributed by atoms with Crippen LogP contribution in [0.4, 0.5) is 5.69 Å². The number of anilines is 1. The number of para-hydroxylation sites is 1. The molecule has 0 saturated carbocycles. The summed E-state index contributed by atoms with van der Waals surface area (Å²) in [6, 6.07) is 22.6. The van der Waals surface area contributed by atoms with Crippen molar-refractivity contribution in [1.82, 2.24) is 4.31 Å². The van der Waals surface area contributed by atoms with Crippen LogP contribution in [0, 0.1) is 5.92 Å². The Morgan fingerprint density at radius 3 is 2.28 bits per heavy atom. The highest BCUT2D eigenvalue weighted by Crippen LogP contribution is 2.27. The third-order valence-corrected chi connectivity index (χ3v) is 7.44. The molecule has 32 heavy (non-hydrogen) atoms. The number of rotatable bonds is 6. The number of ether oxygens (including phenoxy) is 1. The van der Waals surface area contributed by atoms with Crippen molar-refractivity contribution in [3.8, 4) is 11.5 Å². The van der Waals surface area contributed by atoms with Crippen molar-refractivity contribution >= 4 is 33.2 Å². The summed E-state index contributed by atoms with van der Waals surface area (Å²) in [4.78, 5) is 13.0. The van der Waals surface area contributed by atoms with Crippen LogP contribution in [0.3, 0.4) is 0 Å². The number of piperidine rings is 1. The lowest BCUT2D eigenvalue weighted by molar-refractivity contribution is -0.120. The topological polar surface area (TPSA) is 75.7 Å². The summed E-state index contributed by atoms with van der Waals surface area (Å²) in [6.45, 7) is 0.534. The summed E-state index contributed by atoms with van der Waals surface area (Å²) >= 11 is 5.87. The van der Waals surface area contributed by atoms with Crippen molar-refractivity contribution in [2.45, 2.75) is 17.7 Å². The Balaban J connectivity index is 1.38. The number of nitrogens with one attached hydrogen (secondary N) is 1. The molecule has 4 rings (SSSR count). The lowest BCUT2D eigenvalue weighted by Gasteiger charge is -2.31. The normalized spacial score (nSPS) is 17.0. The molecule has 0 aromatic heterocycles. The minimum atomic E-state index is -3.68. The number of carbonyl (C=O) groups is 1. The molecule has 0 unspecified atom stereocenters. The molecule has 1 amide bonds. The molecule has 0 bridgehead atoms.